The molecule has 8 nitrogen and oxygen atoms in total. The van der Waals surface area contributed by atoms with E-state index in [1.807, 2.05) is 0 Å². The van der Waals surface area contributed by atoms with Crippen LogP contribution in [0.5, 0.6) is 0 Å². The maximum absolute atomic E-state index is 10.5. The molecule has 4 atom stereocenters. The minimum Gasteiger partial charge on any atom is -0.394 e. The Bertz CT molecular complexity index is 451. The fourth-order valence-electron chi connectivity index (χ4n) is 1.86. The molecule has 1 aromatic rings. The first kappa shape index (κ1) is 13.7. The summed E-state index contributed by atoms with van der Waals surface area (Å²) in [6, 6.07) is 5.55. The van der Waals surface area contributed by atoms with Crippen molar-refractivity contribution in [1.82, 2.24) is 0 Å². The van der Waals surface area contributed by atoms with E-state index in [9.17, 15) is 20.3 Å². The lowest BCUT2D eigenvalue weighted by atomic mass is 10.1. The third-order valence-electron chi connectivity index (χ3n) is 2.93. The summed E-state index contributed by atoms with van der Waals surface area (Å²) in [6.07, 6.45) is -4.10. The molecule has 1 heterocycles. The first-order chi connectivity index (χ1) is 9.02. The molecule has 0 aromatic heterocycles. The van der Waals surface area contributed by atoms with Gasteiger partial charge < -0.3 is 25.4 Å². The number of ether oxygens (including phenoxy) is 1. The van der Waals surface area contributed by atoms with Crippen molar-refractivity contribution in [3.63, 3.8) is 0 Å². The van der Waals surface area contributed by atoms with Crippen molar-refractivity contribution in [2.75, 3.05) is 11.9 Å². The van der Waals surface area contributed by atoms with Crippen LogP contribution in [-0.4, -0.2) is 51.4 Å². The molecule has 8 heteroatoms. The van der Waals surface area contributed by atoms with Gasteiger partial charge in [0, 0.05) is 17.8 Å². The minimum absolute atomic E-state index is 0.0493. The van der Waals surface area contributed by atoms with Crippen LogP contribution in [0.3, 0.4) is 0 Å². The van der Waals surface area contributed by atoms with E-state index in [2.05, 4.69) is 5.32 Å². The zero-order valence-electron chi connectivity index (χ0n) is 9.84. The molecule has 0 bridgehead atoms. The summed E-state index contributed by atoms with van der Waals surface area (Å²) in [5.74, 6) is 0. The van der Waals surface area contributed by atoms with Crippen LogP contribution in [0.15, 0.2) is 24.3 Å². The van der Waals surface area contributed by atoms with Gasteiger partial charge in [-0.3, -0.25) is 10.1 Å². The van der Waals surface area contributed by atoms with E-state index in [0.29, 0.717) is 5.69 Å². The molecular formula is C11H14N2O6. The van der Waals surface area contributed by atoms with Gasteiger partial charge in [0.1, 0.15) is 18.3 Å². The predicted molar refractivity (Wildman–Crippen MR) is 64.5 cm³/mol. The fraction of sp³-hybridized carbons (Fsp3) is 0.455. The fourth-order valence-corrected chi connectivity index (χ4v) is 1.86. The van der Waals surface area contributed by atoms with Crippen LogP contribution in [0.1, 0.15) is 0 Å². The topological polar surface area (TPSA) is 125 Å². The molecule has 1 saturated heterocycles. The molecule has 4 N–H and O–H groups in total. The van der Waals surface area contributed by atoms with Crippen molar-refractivity contribution >= 4 is 11.4 Å². The lowest BCUT2D eigenvalue weighted by Crippen LogP contribution is -2.36. The molecule has 0 aliphatic carbocycles. The van der Waals surface area contributed by atoms with Gasteiger partial charge in [0.15, 0.2) is 6.23 Å². The third kappa shape index (κ3) is 2.82. The van der Waals surface area contributed by atoms with E-state index in [1.165, 1.54) is 24.3 Å². The van der Waals surface area contributed by atoms with Crippen LogP contribution in [-0.2, 0) is 4.74 Å². The molecule has 1 aromatic carbocycles. The number of nitro benzene ring substituents is 1. The van der Waals surface area contributed by atoms with Crippen LogP contribution in [0.4, 0.5) is 11.4 Å². The SMILES string of the molecule is O=[N+]([O-])c1ccc(NC2OC(CO)C(O)C2O)cc1. The molecule has 0 saturated carbocycles. The van der Waals surface area contributed by atoms with Gasteiger partial charge in [-0.05, 0) is 12.1 Å². The first-order valence-electron chi connectivity index (χ1n) is 5.66. The average molecular weight is 270 g/mol. The van der Waals surface area contributed by atoms with E-state index < -0.39 is 36.1 Å². The second-order valence-electron chi connectivity index (χ2n) is 4.21. The zero-order chi connectivity index (χ0) is 14.0. The number of aliphatic hydroxyl groups is 3. The summed E-state index contributed by atoms with van der Waals surface area (Å²) >= 11 is 0. The van der Waals surface area contributed by atoms with E-state index in [0.717, 1.165) is 0 Å². The summed E-state index contributed by atoms with van der Waals surface area (Å²) in [5.41, 5.74) is 0.451. The highest BCUT2D eigenvalue weighted by Gasteiger charge is 2.42. The number of nitrogens with one attached hydrogen (secondary N) is 1. The Morgan fingerprint density at radius 3 is 2.37 bits per heavy atom. The van der Waals surface area contributed by atoms with Gasteiger partial charge >= 0.3 is 0 Å². The summed E-state index contributed by atoms with van der Waals surface area (Å²) < 4.78 is 5.22. The van der Waals surface area contributed by atoms with Crippen LogP contribution >= 0.6 is 0 Å². The highest BCUT2D eigenvalue weighted by atomic mass is 16.6. The number of aliphatic hydroxyl groups excluding tert-OH is 3. The summed E-state index contributed by atoms with van der Waals surface area (Å²) in [5, 5.41) is 41.5. The number of nitro groups is 1. The van der Waals surface area contributed by atoms with Crippen molar-refractivity contribution in [3.05, 3.63) is 34.4 Å². The molecule has 1 aliphatic heterocycles. The summed E-state index contributed by atoms with van der Waals surface area (Å²) in [4.78, 5) is 9.98. The number of non-ortho nitro benzene ring substituents is 1. The number of hydrogen-bond acceptors (Lipinski definition) is 7. The summed E-state index contributed by atoms with van der Waals surface area (Å²) in [6.45, 7) is -0.406. The predicted octanol–water partition coefficient (Wildman–Crippen LogP) is -0.554. The largest absolute Gasteiger partial charge is 0.394 e. The molecule has 1 fully saturated rings. The van der Waals surface area contributed by atoms with Crippen LogP contribution < -0.4 is 5.32 Å². The average Bonchev–Trinajstić information content (AvgIpc) is 2.67. The van der Waals surface area contributed by atoms with Crippen molar-refractivity contribution < 1.29 is 25.0 Å². The normalized spacial score (nSPS) is 30.3. The number of benzene rings is 1. The number of hydrogen-bond donors (Lipinski definition) is 4. The van der Waals surface area contributed by atoms with Gasteiger partial charge in [-0.15, -0.1) is 0 Å². The number of nitrogens with zero attached hydrogens (tertiary/aromatic N) is 1. The quantitative estimate of drug-likeness (QED) is 0.427. The summed E-state index contributed by atoms with van der Waals surface area (Å²) in [7, 11) is 0. The lowest BCUT2D eigenvalue weighted by Gasteiger charge is -2.17. The first-order valence-corrected chi connectivity index (χ1v) is 5.66. The Hall–Kier alpha value is -1.74. The van der Waals surface area contributed by atoms with Crippen molar-refractivity contribution in [3.8, 4) is 0 Å². The van der Waals surface area contributed by atoms with E-state index in [1.54, 1.807) is 0 Å². The number of rotatable bonds is 4. The monoisotopic (exact) mass is 270 g/mol. The molecular weight excluding hydrogens is 256 g/mol. The molecule has 2 rings (SSSR count). The maximum Gasteiger partial charge on any atom is 0.269 e. The zero-order valence-corrected chi connectivity index (χ0v) is 9.84. The molecule has 0 radical (unpaired) electrons. The highest BCUT2D eigenvalue weighted by molar-refractivity contribution is 5.49. The van der Waals surface area contributed by atoms with Crippen LogP contribution in [0, 0.1) is 10.1 Å². The Morgan fingerprint density at radius 1 is 1.26 bits per heavy atom. The van der Waals surface area contributed by atoms with Crippen molar-refractivity contribution in [2.24, 2.45) is 0 Å². The van der Waals surface area contributed by atoms with Gasteiger partial charge in [-0.25, -0.2) is 0 Å². The Kier molecular flexibility index (Phi) is 3.96. The standard InChI is InChI=1S/C11H14N2O6/c14-5-8-9(15)10(16)11(19-8)12-6-1-3-7(4-2-6)13(17)18/h1-4,8-12,14-16H,5H2. The second kappa shape index (κ2) is 5.49. The Morgan fingerprint density at radius 2 is 1.89 bits per heavy atom. The van der Waals surface area contributed by atoms with E-state index in [4.69, 9.17) is 9.84 Å². The second-order valence-corrected chi connectivity index (χ2v) is 4.21. The number of anilines is 1. The lowest BCUT2D eigenvalue weighted by molar-refractivity contribution is -0.384. The molecule has 0 amide bonds. The minimum atomic E-state index is -1.19. The van der Waals surface area contributed by atoms with Gasteiger partial charge in [0.2, 0.25) is 0 Å². The van der Waals surface area contributed by atoms with Gasteiger partial charge in [-0.2, -0.15) is 0 Å². The van der Waals surface area contributed by atoms with Gasteiger partial charge in [0.25, 0.3) is 5.69 Å². The van der Waals surface area contributed by atoms with Gasteiger partial charge in [0.05, 0.1) is 11.5 Å². The Labute approximate surface area is 108 Å². The molecule has 4 unspecified atom stereocenters. The van der Waals surface area contributed by atoms with E-state index >= 15 is 0 Å². The van der Waals surface area contributed by atoms with E-state index in [-0.39, 0.29) is 5.69 Å². The molecule has 0 spiro atoms. The highest BCUT2D eigenvalue weighted by Crippen LogP contribution is 2.24. The van der Waals surface area contributed by atoms with Gasteiger partial charge in [-0.1, -0.05) is 0 Å². The van der Waals surface area contributed by atoms with Crippen LogP contribution in [0.2, 0.25) is 0 Å². The molecule has 1 aliphatic rings. The third-order valence-corrected chi connectivity index (χ3v) is 2.93. The van der Waals surface area contributed by atoms with Crippen molar-refractivity contribution in [1.29, 1.82) is 0 Å². The van der Waals surface area contributed by atoms with Crippen LogP contribution in [0.25, 0.3) is 0 Å². The molecule has 104 valence electrons. The molecule has 19 heavy (non-hydrogen) atoms. The Balaban J connectivity index is 2.03. The smallest absolute Gasteiger partial charge is 0.269 e. The maximum atomic E-state index is 10.5. The van der Waals surface area contributed by atoms with Crippen molar-refractivity contribution in [2.45, 2.75) is 24.5 Å².